The predicted molar refractivity (Wildman–Crippen MR) is 70.3 cm³/mol. The molecule has 9 heteroatoms. The molecule has 0 bridgehead atoms. The number of rotatable bonds is 7. The second-order valence-corrected chi connectivity index (χ2v) is 5.10. The van der Waals surface area contributed by atoms with E-state index in [1.807, 2.05) is 4.98 Å². The zero-order chi connectivity index (χ0) is 16.2. The monoisotopic (exact) mass is 306 g/mol. The number of alkyl halides is 1. The third kappa shape index (κ3) is 5.76. The van der Waals surface area contributed by atoms with Gasteiger partial charge >= 0.3 is 5.69 Å². The molecule has 4 N–H and O–H groups in total. The van der Waals surface area contributed by atoms with Crippen LogP contribution in [0.25, 0.3) is 0 Å². The van der Waals surface area contributed by atoms with Crippen molar-refractivity contribution >= 4 is 0 Å². The fraction of sp³-hybridized carbons (Fsp3) is 0.667. The van der Waals surface area contributed by atoms with Crippen LogP contribution in [0.1, 0.15) is 26.6 Å². The zero-order valence-electron chi connectivity index (χ0n) is 11.7. The third-order valence-electron chi connectivity index (χ3n) is 2.58. The quantitative estimate of drug-likeness (QED) is 0.472. The minimum Gasteiger partial charge on any atom is -0.391 e. The number of aromatic amines is 1. The fourth-order valence-corrected chi connectivity index (χ4v) is 1.57. The van der Waals surface area contributed by atoms with E-state index in [-0.39, 0.29) is 6.61 Å². The highest BCUT2D eigenvalue weighted by Crippen LogP contribution is 2.16. The number of hydrogen-bond acceptors (Lipinski definition) is 6. The standard InChI is InChI=1S/C12H19FN2O6/c1-12(2,20)21-6-7(16)5-8(17)10(13)15-4-3-9(18)14-11(15)19/h3-4,7-8,10,16-17,20H,5-6H2,1-2H3,(H,14,18,19). The van der Waals surface area contributed by atoms with Crippen LogP contribution in [0, 0.1) is 0 Å². The number of hydrogen-bond donors (Lipinski definition) is 4. The molecule has 1 heterocycles. The summed E-state index contributed by atoms with van der Waals surface area (Å²) in [6.07, 6.45) is -4.55. The largest absolute Gasteiger partial charge is 0.391 e. The van der Waals surface area contributed by atoms with Crippen molar-refractivity contribution in [3.63, 3.8) is 0 Å². The smallest absolute Gasteiger partial charge is 0.330 e. The van der Waals surface area contributed by atoms with Gasteiger partial charge in [-0.05, 0) is 13.8 Å². The van der Waals surface area contributed by atoms with Gasteiger partial charge in [0.05, 0.1) is 12.7 Å². The van der Waals surface area contributed by atoms with Crippen LogP contribution in [0.4, 0.5) is 4.39 Å². The van der Waals surface area contributed by atoms with Crippen molar-refractivity contribution in [3.8, 4) is 0 Å². The summed E-state index contributed by atoms with van der Waals surface area (Å²) in [6.45, 7) is 2.40. The van der Waals surface area contributed by atoms with E-state index >= 15 is 0 Å². The number of nitrogens with one attached hydrogen (secondary N) is 1. The van der Waals surface area contributed by atoms with Gasteiger partial charge in [-0.15, -0.1) is 0 Å². The third-order valence-corrected chi connectivity index (χ3v) is 2.58. The highest BCUT2D eigenvalue weighted by Gasteiger charge is 2.25. The van der Waals surface area contributed by atoms with Crippen molar-refractivity contribution < 1.29 is 24.4 Å². The van der Waals surface area contributed by atoms with E-state index in [1.54, 1.807) is 0 Å². The molecule has 0 spiro atoms. The first kappa shape index (κ1) is 17.5. The van der Waals surface area contributed by atoms with Gasteiger partial charge in [-0.3, -0.25) is 14.3 Å². The Labute approximate surface area is 119 Å². The van der Waals surface area contributed by atoms with Crippen LogP contribution in [0.3, 0.4) is 0 Å². The van der Waals surface area contributed by atoms with E-state index < -0.39 is 42.0 Å². The van der Waals surface area contributed by atoms with Crippen LogP contribution in [-0.2, 0) is 4.74 Å². The van der Waals surface area contributed by atoms with Gasteiger partial charge < -0.3 is 20.1 Å². The Morgan fingerprint density at radius 1 is 1.43 bits per heavy atom. The molecule has 1 aromatic heterocycles. The first-order valence-corrected chi connectivity index (χ1v) is 6.28. The molecule has 0 saturated carbocycles. The fourth-order valence-electron chi connectivity index (χ4n) is 1.57. The summed E-state index contributed by atoms with van der Waals surface area (Å²) in [7, 11) is 0. The van der Waals surface area contributed by atoms with Gasteiger partial charge in [0.1, 0.15) is 6.10 Å². The van der Waals surface area contributed by atoms with Crippen molar-refractivity contribution in [1.82, 2.24) is 9.55 Å². The first-order chi connectivity index (χ1) is 9.60. The summed E-state index contributed by atoms with van der Waals surface area (Å²) in [5.74, 6) is -1.46. The van der Waals surface area contributed by atoms with Crippen LogP contribution in [0.15, 0.2) is 21.9 Å². The average Bonchev–Trinajstić information content (AvgIpc) is 2.34. The molecule has 120 valence electrons. The summed E-state index contributed by atoms with van der Waals surface area (Å²) >= 11 is 0. The lowest BCUT2D eigenvalue weighted by molar-refractivity contribution is -0.193. The lowest BCUT2D eigenvalue weighted by atomic mass is 10.1. The Morgan fingerprint density at radius 2 is 2.05 bits per heavy atom. The van der Waals surface area contributed by atoms with Crippen LogP contribution < -0.4 is 11.2 Å². The maximum atomic E-state index is 13.9. The predicted octanol–water partition coefficient (Wildman–Crippen LogP) is -1.14. The highest BCUT2D eigenvalue weighted by atomic mass is 19.1. The topological polar surface area (TPSA) is 125 Å². The van der Waals surface area contributed by atoms with Gasteiger partial charge in [0.25, 0.3) is 5.56 Å². The van der Waals surface area contributed by atoms with Gasteiger partial charge in [0, 0.05) is 18.7 Å². The number of ether oxygens (including phenoxy) is 1. The lowest BCUT2D eigenvalue weighted by Gasteiger charge is -2.23. The molecule has 0 aliphatic heterocycles. The number of halogens is 1. The van der Waals surface area contributed by atoms with Gasteiger partial charge in [-0.2, -0.15) is 0 Å². The summed E-state index contributed by atoms with van der Waals surface area (Å²) < 4.78 is 19.3. The Hall–Kier alpha value is -1.55. The molecule has 0 amide bonds. The molecule has 0 aromatic carbocycles. The summed E-state index contributed by atoms with van der Waals surface area (Å²) in [4.78, 5) is 24.1. The molecule has 3 atom stereocenters. The maximum absolute atomic E-state index is 13.9. The zero-order valence-corrected chi connectivity index (χ0v) is 11.7. The number of nitrogens with zero attached hydrogens (tertiary/aromatic N) is 1. The van der Waals surface area contributed by atoms with Crippen molar-refractivity contribution in [2.45, 2.75) is 44.6 Å². The normalized spacial score (nSPS) is 16.5. The van der Waals surface area contributed by atoms with E-state index in [0.717, 1.165) is 12.3 Å². The minimum absolute atomic E-state index is 0.312. The molecule has 1 rings (SSSR count). The molecule has 0 aliphatic rings. The average molecular weight is 306 g/mol. The van der Waals surface area contributed by atoms with Crippen molar-refractivity contribution in [2.24, 2.45) is 0 Å². The second kappa shape index (κ2) is 6.94. The Bertz CT molecular complexity index is 564. The van der Waals surface area contributed by atoms with E-state index in [0.29, 0.717) is 4.57 Å². The molecular formula is C12H19FN2O6. The summed E-state index contributed by atoms with van der Waals surface area (Å²) in [6, 6.07) is 0.939. The lowest BCUT2D eigenvalue weighted by Crippen LogP contribution is -2.37. The van der Waals surface area contributed by atoms with E-state index in [1.165, 1.54) is 13.8 Å². The minimum atomic E-state index is -2.13. The Kier molecular flexibility index (Phi) is 5.78. The van der Waals surface area contributed by atoms with Crippen molar-refractivity contribution in [1.29, 1.82) is 0 Å². The van der Waals surface area contributed by atoms with E-state index in [4.69, 9.17) is 4.74 Å². The molecule has 8 nitrogen and oxygen atoms in total. The molecule has 3 unspecified atom stereocenters. The molecule has 0 fully saturated rings. The highest BCUT2D eigenvalue weighted by molar-refractivity contribution is 4.85. The molecular weight excluding hydrogens is 287 g/mol. The maximum Gasteiger partial charge on any atom is 0.330 e. The summed E-state index contributed by atoms with van der Waals surface area (Å²) in [5, 5.41) is 28.5. The van der Waals surface area contributed by atoms with Crippen LogP contribution in [-0.4, -0.2) is 49.5 Å². The Balaban J connectivity index is 2.64. The molecule has 21 heavy (non-hydrogen) atoms. The van der Waals surface area contributed by atoms with Crippen LogP contribution in [0.2, 0.25) is 0 Å². The van der Waals surface area contributed by atoms with E-state index in [9.17, 15) is 29.3 Å². The Morgan fingerprint density at radius 3 is 2.57 bits per heavy atom. The van der Waals surface area contributed by atoms with Gasteiger partial charge in [0.15, 0.2) is 5.79 Å². The van der Waals surface area contributed by atoms with Crippen LogP contribution >= 0.6 is 0 Å². The van der Waals surface area contributed by atoms with E-state index in [2.05, 4.69) is 0 Å². The van der Waals surface area contributed by atoms with Gasteiger partial charge in [0.2, 0.25) is 6.30 Å². The molecule has 0 saturated heterocycles. The van der Waals surface area contributed by atoms with Crippen molar-refractivity contribution in [2.75, 3.05) is 6.61 Å². The number of aromatic nitrogens is 2. The number of aliphatic hydroxyl groups excluding tert-OH is 2. The number of H-pyrrole nitrogens is 1. The molecule has 0 aliphatic carbocycles. The number of aliphatic hydroxyl groups is 3. The van der Waals surface area contributed by atoms with Gasteiger partial charge in [-0.1, -0.05) is 0 Å². The SMILES string of the molecule is CC(C)(O)OCC(O)CC(O)C(F)n1ccc(=O)[nH]c1=O. The van der Waals surface area contributed by atoms with Crippen molar-refractivity contribution in [3.05, 3.63) is 33.1 Å². The first-order valence-electron chi connectivity index (χ1n) is 6.28. The summed E-state index contributed by atoms with van der Waals surface area (Å²) in [5.41, 5.74) is -1.69. The van der Waals surface area contributed by atoms with Crippen LogP contribution in [0.5, 0.6) is 0 Å². The second-order valence-electron chi connectivity index (χ2n) is 5.10. The molecule has 0 radical (unpaired) electrons. The van der Waals surface area contributed by atoms with Gasteiger partial charge in [-0.25, -0.2) is 9.18 Å². The molecule has 1 aromatic rings.